The quantitative estimate of drug-likeness (QED) is 0.845. The Morgan fingerprint density at radius 3 is 2.81 bits per heavy atom. The van der Waals surface area contributed by atoms with Crippen molar-refractivity contribution in [2.24, 2.45) is 5.92 Å². The van der Waals surface area contributed by atoms with E-state index in [9.17, 15) is 15.2 Å². The van der Waals surface area contributed by atoms with Crippen LogP contribution < -0.4 is 5.73 Å². The number of pyridine rings is 1. The SMILES string of the molecule is CC(C)C(=O)N1CCc2nc(N)c(C#N)c(-c3ccc(O)c(Cl)c3)c2C1. The van der Waals surface area contributed by atoms with Crippen molar-refractivity contribution >= 4 is 23.3 Å². The molecule has 134 valence electrons. The van der Waals surface area contributed by atoms with Crippen molar-refractivity contribution in [3.05, 3.63) is 40.0 Å². The molecule has 0 saturated carbocycles. The fourth-order valence-corrected chi connectivity index (χ4v) is 3.41. The number of phenolic OH excluding ortho intramolecular Hbond substituents is 1. The summed E-state index contributed by atoms with van der Waals surface area (Å²) in [4.78, 5) is 18.6. The average Bonchev–Trinajstić information content (AvgIpc) is 2.61. The number of rotatable bonds is 2. The molecule has 0 radical (unpaired) electrons. The number of anilines is 1. The lowest BCUT2D eigenvalue weighted by Gasteiger charge is -2.31. The number of aromatic hydroxyl groups is 1. The molecule has 0 atom stereocenters. The molecule has 1 aromatic heterocycles. The molecule has 0 saturated heterocycles. The number of benzene rings is 1. The van der Waals surface area contributed by atoms with Crippen molar-refractivity contribution in [3.63, 3.8) is 0 Å². The van der Waals surface area contributed by atoms with Crippen molar-refractivity contribution in [3.8, 4) is 22.9 Å². The van der Waals surface area contributed by atoms with E-state index in [1.54, 1.807) is 17.0 Å². The summed E-state index contributed by atoms with van der Waals surface area (Å²) in [6.07, 6.45) is 0.572. The number of amides is 1. The molecule has 0 aliphatic carbocycles. The van der Waals surface area contributed by atoms with Gasteiger partial charge in [0.1, 0.15) is 23.2 Å². The van der Waals surface area contributed by atoms with Crippen LogP contribution in [0.2, 0.25) is 5.02 Å². The van der Waals surface area contributed by atoms with E-state index in [2.05, 4.69) is 11.1 Å². The number of halogens is 1. The molecule has 0 bridgehead atoms. The zero-order chi connectivity index (χ0) is 19.0. The number of nitrogens with zero attached hydrogens (tertiary/aromatic N) is 3. The third-order valence-corrected chi connectivity index (χ3v) is 4.84. The molecule has 2 aromatic rings. The highest BCUT2D eigenvalue weighted by atomic mass is 35.5. The number of hydrogen-bond donors (Lipinski definition) is 2. The lowest BCUT2D eigenvalue weighted by atomic mass is 9.90. The summed E-state index contributed by atoms with van der Waals surface area (Å²) in [6, 6.07) is 6.86. The van der Waals surface area contributed by atoms with Crippen molar-refractivity contribution in [2.75, 3.05) is 12.3 Å². The minimum absolute atomic E-state index is 0.0403. The number of aromatic nitrogens is 1. The van der Waals surface area contributed by atoms with E-state index in [0.717, 1.165) is 11.3 Å². The zero-order valence-corrected chi connectivity index (χ0v) is 15.3. The van der Waals surface area contributed by atoms with Crippen LogP contribution in [-0.2, 0) is 17.8 Å². The average molecular weight is 371 g/mol. The summed E-state index contributed by atoms with van der Waals surface area (Å²) in [5, 5.41) is 19.5. The van der Waals surface area contributed by atoms with E-state index in [0.29, 0.717) is 30.6 Å². The number of nitrogen functional groups attached to an aromatic ring is 1. The summed E-state index contributed by atoms with van der Waals surface area (Å²) in [5.74, 6) is 0.0662. The summed E-state index contributed by atoms with van der Waals surface area (Å²) >= 11 is 6.06. The maximum absolute atomic E-state index is 12.4. The van der Waals surface area contributed by atoms with Crippen LogP contribution in [-0.4, -0.2) is 27.4 Å². The highest BCUT2D eigenvalue weighted by Gasteiger charge is 2.28. The molecule has 26 heavy (non-hydrogen) atoms. The van der Waals surface area contributed by atoms with Crippen LogP contribution in [0.15, 0.2) is 18.2 Å². The van der Waals surface area contributed by atoms with E-state index >= 15 is 0 Å². The predicted molar refractivity (Wildman–Crippen MR) is 99.4 cm³/mol. The first kappa shape index (κ1) is 18.0. The largest absolute Gasteiger partial charge is 0.506 e. The van der Waals surface area contributed by atoms with E-state index in [-0.39, 0.29) is 34.0 Å². The minimum atomic E-state index is -0.111. The lowest BCUT2D eigenvalue weighted by Crippen LogP contribution is -2.39. The van der Waals surface area contributed by atoms with Crippen LogP contribution in [0.4, 0.5) is 5.82 Å². The maximum atomic E-state index is 12.4. The number of carbonyl (C=O) groups excluding carboxylic acids is 1. The predicted octanol–water partition coefficient (Wildman–Crippen LogP) is 3.10. The van der Waals surface area contributed by atoms with Crippen molar-refractivity contribution in [2.45, 2.75) is 26.8 Å². The molecule has 1 aromatic carbocycles. The van der Waals surface area contributed by atoms with Crippen molar-refractivity contribution < 1.29 is 9.90 Å². The normalized spacial score (nSPS) is 13.4. The first-order chi connectivity index (χ1) is 12.3. The number of hydrogen-bond acceptors (Lipinski definition) is 5. The second-order valence-corrected chi connectivity index (χ2v) is 7.02. The topological polar surface area (TPSA) is 103 Å². The van der Waals surface area contributed by atoms with Gasteiger partial charge in [0, 0.05) is 36.6 Å². The Balaban J connectivity index is 2.20. The van der Waals surface area contributed by atoms with Gasteiger partial charge in [-0.2, -0.15) is 5.26 Å². The van der Waals surface area contributed by atoms with Crippen LogP contribution in [0.5, 0.6) is 5.75 Å². The van der Waals surface area contributed by atoms with Gasteiger partial charge in [-0.25, -0.2) is 4.98 Å². The van der Waals surface area contributed by atoms with E-state index in [1.165, 1.54) is 6.07 Å². The van der Waals surface area contributed by atoms with Gasteiger partial charge in [0.15, 0.2) is 0 Å². The molecule has 1 amide bonds. The second-order valence-electron chi connectivity index (χ2n) is 6.61. The third-order valence-electron chi connectivity index (χ3n) is 4.53. The monoisotopic (exact) mass is 370 g/mol. The zero-order valence-electron chi connectivity index (χ0n) is 14.6. The minimum Gasteiger partial charge on any atom is -0.506 e. The fraction of sp³-hybridized carbons (Fsp3) is 0.316. The van der Waals surface area contributed by atoms with Crippen LogP contribution >= 0.6 is 11.6 Å². The van der Waals surface area contributed by atoms with Crippen LogP contribution in [0.3, 0.4) is 0 Å². The first-order valence-electron chi connectivity index (χ1n) is 8.32. The Morgan fingerprint density at radius 1 is 1.46 bits per heavy atom. The maximum Gasteiger partial charge on any atom is 0.225 e. The Hall–Kier alpha value is -2.78. The second kappa shape index (κ2) is 6.85. The van der Waals surface area contributed by atoms with Gasteiger partial charge < -0.3 is 15.7 Å². The molecule has 0 unspecified atom stereocenters. The molecule has 7 heteroatoms. The summed E-state index contributed by atoms with van der Waals surface area (Å²) in [7, 11) is 0. The smallest absolute Gasteiger partial charge is 0.225 e. The molecule has 2 heterocycles. The number of carbonyl (C=O) groups is 1. The van der Waals surface area contributed by atoms with E-state index < -0.39 is 0 Å². The Labute approximate surface area is 156 Å². The molecule has 0 fully saturated rings. The number of nitriles is 1. The molecule has 0 spiro atoms. The molecule has 1 aliphatic rings. The highest BCUT2D eigenvalue weighted by Crippen LogP contribution is 2.38. The van der Waals surface area contributed by atoms with Gasteiger partial charge in [0.2, 0.25) is 5.91 Å². The molecule has 3 N–H and O–H groups in total. The van der Waals surface area contributed by atoms with Gasteiger partial charge >= 0.3 is 0 Å². The van der Waals surface area contributed by atoms with Gasteiger partial charge in [0.25, 0.3) is 0 Å². The van der Waals surface area contributed by atoms with Crippen LogP contribution in [0.1, 0.15) is 30.7 Å². The van der Waals surface area contributed by atoms with Gasteiger partial charge in [0.05, 0.1) is 10.7 Å². The van der Waals surface area contributed by atoms with Crippen LogP contribution in [0.25, 0.3) is 11.1 Å². The van der Waals surface area contributed by atoms with Gasteiger partial charge in [-0.3, -0.25) is 4.79 Å². The van der Waals surface area contributed by atoms with Crippen molar-refractivity contribution in [1.29, 1.82) is 5.26 Å². The van der Waals surface area contributed by atoms with E-state index in [4.69, 9.17) is 17.3 Å². The molecule has 6 nitrogen and oxygen atoms in total. The van der Waals surface area contributed by atoms with Gasteiger partial charge in [-0.05, 0) is 17.7 Å². The molecule has 1 aliphatic heterocycles. The molecule has 3 rings (SSSR count). The standard InChI is InChI=1S/C19H19ClN4O2/c1-10(2)19(26)24-6-5-15-13(9-24)17(12(8-21)18(22)23-15)11-3-4-16(25)14(20)7-11/h3-4,7,10,25H,5-6,9H2,1-2H3,(H2,22,23). The third kappa shape index (κ3) is 3.06. The van der Waals surface area contributed by atoms with Gasteiger partial charge in [-0.15, -0.1) is 0 Å². The summed E-state index contributed by atoms with van der Waals surface area (Å²) < 4.78 is 0. The summed E-state index contributed by atoms with van der Waals surface area (Å²) in [5.41, 5.74) is 9.13. The van der Waals surface area contributed by atoms with Gasteiger partial charge in [-0.1, -0.05) is 31.5 Å². The highest BCUT2D eigenvalue weighted by molar-refractivity contribution is 6.32. The molecular weight excluding hydrogens is 352 g/mol. The summed E-state index contributed by atoms with van der Waals surface area (Å²) in [6.45, 7) is 4.65. The number of fused-ring (bicyclic) bond motifs is 1. The van der Waals surface area contributed by atoms with Crippen molar-refractivity contribution in [1.82, 2.24) is 9.88 Å². The number of nitrogens with two attached hydrogens (primary N) is 1. The first-order valence-corrected chi connectivity index (χ1v) is 8.70. The Kier molecular flexibility index (Phi) is 4.75. The number of phenols is 1. The Bertz CT molecular complexity index is 934. The Morgan fingerprint density at radius 2 is 2.19 bits per heavy atom. The van der Waals surface area contributed by atoms with E-state index in [1.807, 2.05) is 13.8 Å². The fourth-order valence-electron chi connectivity index (χ4n) is 3.23. The van der Waals surface area contributed by atoms with Crippen LogP contribution in [0, 0.1) is 17.2 Å². The lowest BCUT2D eigenvalue weighted by molar-refractivity contribution is -0.135. The molecular formula is C19H19ClN4O2.